The molecule has 1 aromatic rings. The number of likely N-dealkylation sites (N-methyl/N-ethyl adjacent to an activating group) is 1. The number of aryl methyl sites for hydroxylation is 2. The van der Waals surface area contributed by atoms with Crippen molar-refractivity contribution in [1.29, 1.82) is 0 Å². The fourth-order valence-electron chi connectivity index (χ4n) is 4.40. The zero-order chi connectivity index (χ0) is 23.0. The highest BCUT2D eigenvalue weighted by molar-refractivity contribution is 6.23. The second kappa shape index (κ2) is 9.11. The van der Waals surface area contributed by atoms with Crippen LogP contribution in [-0.2, 0) is 9.53 Å². The van der Waals surface area contributed by atoms with Gasteiger partial charge in [-0.3, -0.25) is 19.5 Å². The summed E-state index contributed by atoms with van der Waals surface area (Å²) in [7, 11) is 1.70. The Labute approximate surface area is 189 Å². The van der Waals surface area contributed by atoms with Crippen molar-refractivity contribution in [3.63, 3.8) is 0 Å². The molecule has 2 saturated heterocycles. The first-order valence-electron chi connectivity index (χ1n) is 11.4. The minimum atomic E-state index is -0.611. The van der Waals surface area contributed by atoms with Gasteiger partial charge in [0.1, 0.15) is 5.69 Å². The van der Waals surface area contributed by atoms with Crippen molar-refractivity contribution in [3.05, 3.63) is 17.5 Å². The number of carbonyl (C=O) groups excluding carboxylic acids is 2. The van der Waals surface area contributed by atoms with Gasteiger partial charge in [0, 0.05) is 33.2 Å². The van der Waals surface area contributed by atoms with E-state index in [1.807, 2.05) is 24.5 Å². The number of rotatable bonds is 6. The van der Waals surface area contributed by atoms with E-state index in [1.165, 1.54) is 9.80 Å². The van der Waals surface area contributed by atoms with Gasteiger partial charge in [-0.05, 0) is 32.3 Å². The first kappa shape index (κ1) is 22.6. The maximum Gasteiger partial charge on any atom is 0.421 e. The third-order valence-corrected chi connectivity index (χ3v) is 6.28. The Hall–Kier alpha value is -2.59. The number of urea groups is 1. The average Bonchev–Trinajstić information content (AvgIpc) is 3.30. The summed E-state index contributed by atoms with van der Waals surface area (Å²) >= 11 is 0. The molecule has 10 nitrogen and oxygen atoms in total. The zero-order valence-electron chi connectivity index (χ0n) is 19.7. The van der Waals surface area contributed by atoms with E-state index in [0.29, 0.717) is 50.6 Å². The fraction of sp³-hybridized carbons (Fsp3) is 0.682. The molecule has 3 aliphatic heterocycles. The van der Waals surface area contributed by atoms with Gasteiger partial charge in [0.2, 0.25) is 11.9 Å². The molecular weight excluding hydrogens is 410 g/mol. The lowest BCUT2D eigenvalue weighted by molar-refractivity contribution is -0.538. The quantitative estimate of drug-likeness (QED) is 0.605. The summed E-state index contributed by atoms with van der Waals surface area (Å²) in [5, 5.41) is 4.60. The molecule has 0 aromatic carbocycles. The van der Waals surface area contributed by atoms with Crippen LogP contribution >= 0.6 is 0 Å². The Kier molecular flexibility index (Phi) is 6.43. The van der Waals surface area contributed by atoms with Gasteiger partial charge in [-0.25, -0.2) is 9.37 Å². The topological polar surface area (TPSA) is 86.3 Å². The molecule has 4 heterocycles. The van der Waals surface area contributed by atoms with Crippen LogP contribution in [0.3, 0.4) is 0 Å². The molecule has 0 spiro atoms. The van der Waals surface area contributed by atoms with Crippen LogP contribution in [0.5, 0.6) is 0 Å². The van der Waals surface area contributed by atoms with Gasteiger partial charge in [-0.2, -0.15) is 0 Å². The molecule has 1 unspecified atom stereocenters. The average molecular weight is 445 g/mol. The molecule has 0 N–H and O–H groups in total. The molecule has 4 rings (SSSR count). The summed E-state index contributed by atoms with van der Waals surface area (Å²) in [5.74, 6) is 1.35. The number of morpholine rings is 1. The van der Waals surface area contributed by atoms with E-state index in [4.69, 9.17) is 9.73 Å². The van der Waals surface area contributed by atoms with Crippen molar-refractivity contribution in [2.45, 2.75) is 40.2 Å². The van der Waals surface area contributed by atoms with Crippen LogP contribution in [0.25, 0.3) is 0 Å². The van der Waals surface area contributed by atoms with Crippen molar-refractivity contribution in [3.8, 4) is 0 Å². The molecule has 32 heavy (non-hydrogen) atoms. The predicted octanol–water partition coefficient (Wildman–Crippen LogP) is 0.770. The molecule has 0 saturated carbocycles. The Morgan fingerprint density at radius 2 is 1.91 bits per heavy atom. The first-order chi connectivity index (χ1) is 15.3. The van der Waals surface area contributed by atoms with Gasteiger partial charge in [0.05, 0.1) is 25.5 Å². The first-order valence-corrected chi connectivity index (χ1v) is 11.4. The van der Waals surface area contributed by atoms with Crippen molar-refractivity contribution in [2.75, 3.05) is 53.0 Å². The molecule has 10 heteroatoms. The monoisotopic (exact) mass is 444 g/mol. The molecule has 1 aromatic heterocycles. The number of carbonyl (C=O) groups is 2. The molecule has 2 fully saturated rings. The SMILES string of the molecule is Cc1cc(C)n(C2=[N+](CCC(C)C)C3C(=O)N(CCN4CCOCC4)C(=O)N(C)C3=N2)n1. The molecule has 0 bridgehead atoms. The van der Waals surface area contributed by atoms with Gasteiger partial charge < -0.3 is 4.74 Å². The molecule has 174 valence electrons. The van der Waals surface area contributed by atoms with E-state index < -0.39 is 6.04 Å². The highest BCUT2D eigenvalue weighted by Gasteiger charge is 2.53. The van der Waals surface area contributed by atoms with Gasteiger partial charge in [-0.1, -0.05) is 18.8 Å². The lowest BCUT2D eigenvalue weighted by Gasteiger charge is -2.36. The van der Waals surface area contributed by atoms with Crippen LogP contribution in [0.15, 0.2) is 11.1 Å². The van der Waals surface area contributed by atoms with Gasteiger partial charge in [-0.15, -0.1) is 9.78 Å². The smallest absolute Gasteiger partial charge is 0.379 e. The van der Waals surface area contributed by atoms with E-state index in [2.05, 4.69) is 23.8 Å². The number of nitrogens with zero attached hydrogens (tertiary/aromatic N) is 7. The fourth-order valence-corrected chi connectivity index (χ4v) is 4.40. The molecule has 3 amide bonds. The second-order valence-electron chi connectivity index (χ2n) is 9.17. The Morgan fingerprint density at radius 3 is 2.53 bits per heavy atom. The summed E-state index contributed by atoms with van der Waals surface area (Å²) < 4.78 is 9.20. The van der Waals surface area contributed by atoms with Crippen LogP contribution < -0.4 is 0 Å². The molecule has 0 radical (unpaired) electrons. The van der Waals surface area contributed by atoms with Crippen LogP contribution in [0, 0.1) is 19.8 Å². The molecule has 0 aliphatic carbocycles. The van der Waals surface area contributed by atoms with Crippen molar-refractivity contribution in [1.82, 2.24) is 24.5 Å². The largest absolute Gasteiger partial charge is 0.421 e. The number of amidine groups is 1. The third kappa shape index (κ3) is 4.21. The van der Waals surface area contributed by atoms with Gasteiger partial charge in [0.15, 0.2) is 0 Å². The van der Waals surface area contributed by atoms with Crippen molar-refractivity contribution < 1.29 is 18.9 Å². The molecule has 3 aliphatic rings. The normalized spacial score (nSPS) is 22.3. The summed E-state index contributed by atoms with van der Waals surface area (Å²) in [6.07, 6.45) is 0.904. The van der Waals surface area contributed by atoms with Crippen LogP contribution in [0.2, 0.25) is 0 Å². The highest BCUT2D eigenvalue weighted by atomic mass is 16.5. The summed E-state index contributed by atoms with van der Waals surface area (Å²) in [5.41, 5.74) is 1.83. The van der Waals surface area contributed by atoms with Gasteiger partial charge in [0.25, 0.3) is 5.91 Å². The Bertz CT molecular complexity index is 959. The number of hydrogen-bond donors (Lipinski definition) is 0. The number of ether oxygens (including phenoxy) is 1. The predicted molar refractivity (Wildman–Crippen MR) is 120 cm³/mol. The van der Waals surface area contributed by atoms with Crippen LogP contribution in [-0.4, -0.2) is 112 Å². The number of aromatic nitrogens is 2. The lowest BCUT2D eigenvalue weighted by atomic mass is 10.1. The minimum Gasteiger partial charge on any atom is -0.379 e. The number of amides is 3. The number of fused-ring (bicyclic) bond motifs is 1. The Balaban J connectivity index is 1.65. The maximum absolute atomic E-state index is 13.6. The number of imide groups is 1. The number of aliphatic imine (C=N–C) groups is 1. The van der Waals surface area contributed by atoms with E-state index in [9.17, 15) is 9.59 Å². The minimum absolute atomic E-state index is 0.208. The van der Waals surface area contributed by atoms with Crippen molar-refractivity contribution >= 4 is 23.7 Å². The van der Waals surface area contributed by atoms with E-state index in [0.717, 1.165) is 30.9 Å². The Morgan fingerprint density at radius 1 is 1.19 bits per heavy atom. The highest BCUT2D eigenvalue weighted by Crippen LogP contribution is 2.22. The summed E-state index contributed by atoms with van der Waals surface area (Å²) in [6, 6.07) is 1.05. The summed E-state index contributed by atoms with van der Waals surface area (Å²) in [6.45, 7) is 12.9. The van der Waals surface area contributed by atoms with Gasteiger partial charge >= 0.3 is 12.0 Å². The standard InChI is InChI=1S/C22H34N7O3/c1-15(2)6-7-27-18-19(23-21(27)29-17(4)14-16(3)24-29)25(5)22(31)28(20(18)30)9-8-26-10-12-32-13-11-26/h14-15,18H,6-13H2,1-5H3/q+1. The van der Waals surface area contributed by atoms with Crippen LogP contribution in [0.1, 0.15) is 31.7 Å². The molecular formula is C22H34N7O3+. The van der Waals surface area contributed by atoms with E-state index >= 15 is 0 Å². The lowest BCUT2D eigenvalue weighted by Crippen LogP contribution is -2.63. The maximum atomic E-state index is 13.6. The second-order valence-corrected chi connectivity index (χ2v) is 9.17. The van der Waals surface area contributed by atoms with E-state index in [-0.39, 0.29) is 11.9 Å². The van der Waals surface area contributed by atoms with E-state index in [1.54, 1.807) is 11.7 Å². The van der Waals surface area contributed by atoms with Crippen LogP contribution in [0.4, 0.5) is 4.79 Å². The zero-order valence-corrected chi connectivity index (χ0v) is 19.7. The molecule has 1 atom stereocenters. The summed E-state index contributed by atoms with van der Waals surface area (Å²) in [4.78, 5) is 36.6. The van der Waals surface area contributed by atoms with Crippen molar-refractivity contribution in [2.24, 2.45) is 10.9 Å². The third-order valence-electron chi connectivity index (χ3n) is 6.28. The number of hydrogen-bond acceptors (Lipinski definition) is 6.